The molecule has 8 atom stereocenters. The highest BCUT2D eigenvalue weighted by atomic mass is 35.5. The summed E-state index contributed by atoms with van der Waals surface area (Å²) in [5, 5.41) is 3.25. The first-order valence-electron chi connectivity index (χ1n) is 17.3. The second-order valence-corrected chi connectivity index (χ2v) is 14.4. The number of carbonyl (C=O) groups excluding carboxylic acids is 6. The van der Waals surface area contributed by atoms with Crippen LogP contribution in [-0.4, -0.2) is 117 Å². The third kappa shape index (κ3) is 5.52. The van der Waals surface area contributed by atoms with E-state index >= 15 is 0 Å². The maximum Gasteiger partial charge on any atom is 0.328 e. The largest absolute Gasteiger partial charge is 0.467 e. The number of hydrogen-bond acceptors (Lipinski definition) is 7. The number of rotatable bonds is 6. The fourth-order valence-corrected chi connectivity index (χ4v) is 9.31. The number of carbonyl (C=O) groups is 6. The first-order valence-corrected chi connectivity index (χ1v) is 17.7. The summed E-state index contributed by atoms with van der Waals surface area (Å²) >= 11 is 6.42. The highest BCUT2D eigenvalue weighted by Crippen LogP contribution is 2.43. The number of amides is 5. The number of esters is 1. The zero-order chi connectivity index (χ0) is 34.6. The minimum atomic E-state index is -1.29. The van der Waals surface area contributed by atoms with Crippen molar-refractivity contribution < 1.29 is 33.5 Å². The van der Waals surface area contributed by atoms with Crippen LogP contribution in [0.4, 0.5) is 0 Å². The van der Waals surface area contributed by atoms with Gasteiger partial charge < -0.3 is 29.7 Å². The summed E-state index contributed by atoms with van der Waals surface area (Å²) in [6.45, 7) is 2.03. The molecule has 4 saturated heterocycles. The van der Waals surface area contributed by atoms with Crippen molar-refractivity contribution in [1.82, 2.24) is 24.9 Å². The third-order valence-electron chi connectivity index (χ3n) is 11.4. The number of fused-ring (bicyclic) bond motifs is 3. The number of methoxy groups -OCH3 is 1. The normalized spacial score (nSPS) is 32.2. The van der Waals surface area contributed by atoms with Gasteiger partial charge in [0.1, 0.15) is 29.7 Å². The lowest BCUT2D eigenvalue weighted by Gasteiger charge is -2.45. The highest BCUT2D eigenvalue weighted by Gasteiger charge is 2.58. The maximum atomic E-state index is 14.7. The summed E-state index contributed by atoms with van der Waals surface area (Å²) in [5.74, 6) is -2.26. The molecule has 7 rings (SSSR count). The fraction of sp³-hybridized carbons (Fsp3) is 0.556. The summed E-state index contributed by atoms with van der Waals surface area (Å²) in [4.78, 5) is 88.8. The zero-order valence-corrected chi connectivity index (χ0v) is 28.5. The summed E-state index contributed by atoms with van der Waals surface area (Å²) in [6.07, 6.45) is 11.6. The van der Waals surface area contributed by atoms with Crippen molar-refractivity contribution in [3.63, 3.8) is 0 Å². The highest BCUT2D eigenvalue weighted by molar-refractivity contribution is 6.31. The van der Waals surface area contributed by atoms with Crippen molar-refractivity contribution in [1.29, 1.82) is 0 Å². The Bertz CT molecular complexity index is 1650. The molecule has 0 saturated carbocycles. The quantitative estimate of drug-likeness (QED) is 0.356. The van der Waals surface area contributed by atoms with E-state index in [2.05, 4.69) is 5.32 Å². The molecule has 0 bridgehead atoms. The Morgan fingerprint density at radius 1 is 0.959 bits per heavy atom. The van der Waals surface area contributed by atoms with E-state index in [0.717, 1.165) is 0 Å². The molecule has 1 N–H and O–H groups in total. The summed E-state index contributed by atoms with van der Waals surface area (Å²) < 4.78 is 5.01. The second-order valence-electron chi connectivity index (χ2n) is 14.0. The minimum Gasteiger partial charge on any atom is -0.467 e. The first-order chi connectivity index (χ1) is 23.6. The Kier molecular flexibility index (Phi) is 8.79. The van der Waals surface area contributed by atoms with E-state index in [-0.39, 0.29) is 54.0 Å². The van der Waals surface area contributed by atoms with Crippen molar-refractivity contribution in [2.75, 3.05) is 20.2 Å². The number of ether oxygens (including phenoxy) is 1. The van der Waals surface area contributed by atoms with Gasteiger partial charge in [0.05, 0.1) is 19.2 Å². The lowest BCUT2D eigenvalue weighted by Crippen LogP contribution is -2.65. The number of benzene rings is 1. The first kappa shape index (κ1) is 33.3. The van der Waals surface area contributed by atoms with E-state index in [0.29, 0.717) is 68.6 Å². The van der Waals surface area contributed by atoms with Crippen LogP contribution in [0.15, 0.2) is 48.6 Å². The smallest absolute Gasteiger partial charge is 0.328 e. The molecule has 6 aliphatic rings. The molecule has 0 radical (unpaired) electrons. The number of hydrogen-bond donors (Lipinski definition) is 1. The van der Waals surface area contributed by atoms with Gasteiger partial charge in [-0.05, 0) is 56.6 Å². The van der Waals surface area contributed by atoms with Crippen molar-refractivity contribution in [3.8, 4) is 0 Å². The van der Waals surface area contributed by atoms with E-state index in [1.165, 1.54) is 14.0 Å². The predicted octanol–water partition coefficient (Wildman–Crippen LogP) is 2.00. The Hall–Kier alpha value is -4.19. The molecular weight excluding hydrogens is 650 g/mol. The second kappa shape index (κ2) is 12.9. The molecule has 4 fully saturated rings. The summed E-state index contributed by atoms with van der Waals surface area (Å²) in [6, 6.07) is 3.39. The van der Waals surface area contributed by atoms with E-state index in [1.54, 1.807) is 37.8 Å². The van der Waals surface area contributed by atoms with Crippen LogP contribution in [0, 0.1) is 5.92 Å². The zero-order valence-electron chi connectivity index (χ0n) is 27.8. The molecule has 5 amide bonds. The van der Waals surface area contributed by atoms with Gasteiger partial charge in [-0.1, -0.05) is 54.1 Å². The summed E-state index contributed by atoms with van der Waals surface area (Å²) in [5.41, 5.74) is -0.594. The maximum absolute atomic E-state index is 14.7. The molecule has 49 heavy (non-hydrogen) atoms. The van der Waals surface area contributed by atoms with Crippen LogP contribution < -0.4 is 5.32 Å². The molecule has 1 aromatic carbocycles. The SMILES string of the molecule is COC(=O)[C@H]1CC[C@@H]2C=C[C@H]3CCN(C(=O)[C@@H]4CC[C@H]5C=C[C@]6(CCCN6C(=O)[C@H](Cc6ccccc6Cl)NC(C)=O)C(=O)N54)[C@@H]3C(=O)N12. The van der Waals surface area contributed by atoms with Gasteiger partial charge in [-0.25, -0.2) is 4.79 Å². The molecule has 1 aromatic rings. The van der Waals surface area contributed by atoms with Crippen LogP contribution in [0.1, 0.15) is 57.4 Å². The molecule has 0 aromatic heterocycles. The van der Waals surface area contributed by atoms with Gasteiger partial charge in [0.25, 0.3) is 5.91 Å². The molecule has 0 unspecified atom stereocenters. The summed E-state index contributed by atoms with van der Waals surface area (Å²) in [7, 11) is 1.31. The molecule has 6 aliphatic heterocycles. The van der Waals surface area contributed by atoms with E-state index in [9.17, 15) is 28.8 Å². The van der Waals surface area contributed by atoms with Crippen LogP contribution in [0.2, 0.25) is 5.02 Å². The Morgan fingerprint density at radius 2 is 1.69 bits per heavy atom. The number of likely N-dealkylation sites (tertiary alicyclic amines) is 2. The molecule has 13 heteroatoms. The molecule has 260 valence electrons. The Morgan fingerprint density at radius 3 is 2.43 bits per heavy atom. The molecule has 6 heterocycles. The van der Waals surface area contributed by atoms with E-state index in [1.807, 2.05) is 30.4 Å². The molecule has 12 nitrogen and oxygen atoms in total. The van der Waals surface area contributed by atoms with Gasteiger partial charge in [-0.15, -0.1) is 0 Å². The van der Waals surface area contributed by atoms with Crippen molar-refractivity contribution in [2.45, 2.75) is 100 Å². The van der Waals surface area contributed by atoms with Crippen molar-refractivity contribution >= 4 is 47.1 Å². The van der Waals surface area contributed by atoms with Gasteiger partial charge in [0, 0.05) is 37.4 Å². The Balaban J connectivity index is 1.14. The number of nitrogens with zero attached hydrogens (tertiary/aromatic N) is 4. The van der Waals surface area contributed by atoms with Gasteiger partial charge >= 0.3 is 5.97 Å². The average Bonchev–Trinajstić information content (AvgIpc) is 3.88. The third-order valence-corrected chi connectivity index (χ3v) is 11.7. The van der Waals surface area contributed by atoms with Crippen molar-refractivity contribution in [2.24, 2.45) is 5.92 Å². The van der Waals surface area contributed by atoms with E-state index in [4.69, 9.17) is 16.3 Å². The minimum absolute atomic E-state index is 0.157. The number of nitrogens with one attached hydrogen (secondary N) is 1. The van der Waals surface area contributed by atoms with Crippen LogP contribution in [0.3, 0.4) is 0 Å². The average molecular weight is 692 g/mol. The van der Waals surface area contributed by atoms with Crippen LogP contribution in [-0.2, 0) is 39.9 Å². The van der Waals surface area contributed by atoms with Gasteiger partial charge in [-0.3, -0.25) is 24.0 Å². The van der Waals surface area contributed by atoms with Crippen LogP contribution in [0.25, 0.3) is 0 Å². The van der Waals surface area contributed by atoms with Gasteiger partial charge in [0.15, 0.2) is 0 Å². The standard InChI is InChI=1S/C36H42ClN5O7/c1-21(43)38-27(20-23-6-3-4-7-26(23)37)31(44)40-18-5-16-36(40)17-14-25-10-12-28(42(25)35(36)48)32(45)39-19-15-22-8-9-24-11-13-29(34(47)49-2)41(24)33(46)30(22)39/h3-4,6-9,14,17,22,24-25,27-30H,5,10-13,15-16,18-20H2,1-2H3,(H,38,43)/t22-,24-,25-,27-,28-,29+,30-,36+/m0/s1. The molecule has 1 spiro atoms. The van der Waals surface area contributed by atoms with Gasteiger partial charge in [0.2, 0.25) is 23.6 Å². The fourth-order valence-electron chi connectivity index (χ4n) is 9.10. The van der Waals surface area contributed by atoms with Gasteiger partial charge in [-0.2, -0.15) is 0 Å². The monoisotopic (exact) mass is 691 g/mol. The Labute approximate surface area is 290 Å². The topological polar surface area (TPSA) is 137 Å². The molecule has 0 aliphatic carbocycles. The number of halogens is 1. The molecular formula is C36H42ClN5O7. The lowest BCUT2D eigenvalue weighted by atomic mass is 9.88. The van der Waals surface area contributed by atoms with Crippen LogP contribution >= 0.6 is 11.6 Å². The van der Waals surface area contributed by atoms with Crippen molar-refractivity contribution in [3.05, 3.63) is 59.2 Å². The predicted molar refractivity (Wildman–Crippen MR) is 178 cm³/mol. The van der Waals surface area contributed by atoms with E-state index < -0.39 is 35.7 Å². The lowest BCUT2D eigenvalue weighted by molar-refractivity contribution is -0.158. The van der Waals surface area contributed by atoms with Crippen LogP contribution in [0.5, 0.6) is 0 Å².